The molecule has 5 heteroatoms. The number of methoxy groups -OCH3 is 1. The van der Waals surface area contributed by atoms with Crippen LogP contribution in [0.15, 0.2) is 30.3 Å². The minimum absolute atomic E-state index is 0.587. The lowest BCUT2D eigenvalue weighted by Crippen LogP contribution is -2.23. The highest BCUT2D eigenvalue weighted by molar-refractivity contribution is 5.59. The van der Waals surface area contributed by atoms with Crippen molar-refractivity contribution in [2.24, 2.45) is 5.92 Å². The minimum Gasteiger partial charge on any atom is -0.495 e. The number of benzene rings is 1. The molecule has 3 rings (SSSR count). The van der Waals surface area contributed by atoms with Gasteiger partial charge < -0.3 is 15.0 Å². The molecule has 1 N–H and O–H groups in total. The van der Waals surface area contributed by atoms with Gasteiger partial charge in [-0.05, 0) is 44.4 Å². The fourth-order valence-electron chi connectivity index (χ4n) is 3.15. The summed E-state index contributed by atoms with van der Waals surface area (Å²) in [4.78, 5) is 11.3. The van der Waals surface area contributed by atoms with Crippen LogP contribution in [0.1, 0.15) is 17.8 Å². The first kappa shape index (κ1) is 15.6. The summed E-state index contributed by atoms with van der Waals surface area (Å²) in [5.41, 5.74) is 3.18. The van der Waals surface area contributed by atoms with Gasteiger partial charge in [-0.1, -0.05) is 12.1 Å². The number of aryl methyl sites for hydroxylation is 2. The third-order valence-corrected chi connectivity index (χ3v) is 4.24. The molecule has 2 aromatic rings. The van der Waals surface area contributed by atoms with Gasteiger partial charge in [0.1, 0.15) is 5.75 Å². The van der Waals surface area contributed by atoms with Crippen LogP contribution >= 0.6 is 0 Å². The average molecular weight is 312 g/mol. The number of para-hydroxylation sites is 2. The molecule has 0 unspecified atom stereocenters. The molecular formula is C18H24N4O. The van der Waals surface area contributed by atoms with Gasteiger partial charge in [-0.2, -0.15) is 0 Å². The Kier molecular flexibility index (Phi) is 4.65. The quantitative estimate of drug-likeness (QED) is 0.919. The van der Waals surface area contributed by atoms with Gasteiger partial charge >= 0.3 is 0 Å². The Bertz CT molecular complexity index is 654. The van der Waals surface area contributed by atoms with Crippen molar-refractivity contribution in [3.63, 3.8) is 0 Å². The van der Waals surface area contributed by atoms with Crippen molar-refractivity contribution >= 4 is 11.6 Å². The van der Waals surface area contributed by atoms with Gasteiger partial charge in [0, 0.05) is 31.0 Å². The number of anilines is 2. The number of nitrogens with one attached hydrogen (secondary N) is 1. The highest BCUT2D eigenvalue weighted by Crippen LogP contribution is 2.31. The van der Waals surface area contributed by atoms with Crippen molar-refractivity contribution in [1.29, 1.82) is 0 Å². The summed E-state index contributed by atoms with van der Waals surface area (Å²) in [7, 11) is 1.73. The lowest BCUT2D eigenvalue weighted by molar-refractivity contribution is 0.414. The van der Waals surface area contributed by atoms with E-state index in [4.69, 9.17) is 4.74 Å². The number of aromatic nitrogens is 2. The number of nitrogens with zero attached hydrogens (tertiary/aromatic N) is 3. The molecule has 1 aliphatic heterocycles. The molecule has 1 saturated heterocycles. The Hall–Kier alpha value is -2.30. The average Bonchev–Trinajstić information content (AvgIpc) is 3.01. The Morgan fingerprint density at radius 2 is 1.96 bits per heavy atom. The van der Waals surface area contributed by atoms with Crippen LogP contribution in [0.4, 0.5) is 11.6 Å². The van der Waals surface area contributed by atoms with Gasteiger partial charge in [0.05, 0.1) is 12.8 Å². The van der Waals surface area contributed by atoms with Crippen LogP contribution in [0.5, 0.6) is 5.75 Å². The maximum Gasteiger partial charge on any atom is 0.223 e. The van der Waals surface area contributed by atoms with Crippen molar-refractivity contribution < 1.29 is 4.74 Å². The largest absolute Gasteiger partial charge is 0.495 e. The highest BCUT2D eigenvalue weighted by Gasteiger charge is 2.24. The predicted molar refractivity (Wildman–Crippen MR) is 93.3 cm³/mol. The first-order valence-electron chi connectivity index (χ1n) is 8.10. The van der Waals surface area contributed by atoms with E-state index >= 15 is 0 Å². The molecule has 0 amide bonds. The highest BCUT2D eigenvalue weighted by atomic mass is 16.5. The fourth-order valence-corrected chi connectivity index (χ4v) is 3.15. The van der Waals surface area contributed by atoms with Gasteiger partial charge in [0.25, 0.3) is 0 Å². The van der Waals surface area contributed by atoms with Crippen molar-refractivity contribution in [3.05, 3.63) is 41.7 Å². The predicted octanol–water partition coefficient (Wildman–Crippen LogP) is 3.04. The Labute approximate surface area is 137 Å². The molecule has 1 aromatic carbocycles. The number of ether oxygens (including phenoxy) is 1. The first-order chi connectivity index (χ1) is 11.2. The third-order valence-electron chi connectivity index (χ3n) is 4.24. The molecule has 1 fully saturated rings. The summed E-state index contributed by atoms with van der Waals surface area (Å²) in [6.45, 7) is 6.98. The van der Waals surface area contributed by atoms with Gasteiger partial charge in [-0.3, -0.25) is 0 Å². The van der Waals surface area contributed by atoms with Crippen LogP contribution in [0, 0.1) is 19.8 Å². The van der Waals surface area contributed by atoms with Gasteiger partial charge in [0.15, 0.2) is 0 Å². The molecule has 122 valence electrons. The maximum atomic E-state index is 5.47. The molecule has 1 atom stereocenters. The van der Waals surface area contributed by atoms with E-state index in [1.165, 1.54) is 5.69 Å². The van der Waals surface area contributed by atoms with E-state index in [9.17, 15) is 0 Å². The number of rotatable bonds is 5. The van der Waals surface area contributed by atoms with Crippen molar-refractivity contribution in [2.45, 2.75) is 20.3 Å². The van der Waals surface area contributed by atoms with Crippen LogP contribution in [0.3, 0.4) is 0 Å². The fraction of sp³-hybridized carbons (Fsp3) is 0.444. The summed E-state index contributed by atoms with van der Waals surface area (Å²) in [5.74, 6) is 2.27. The molecule has 0 aliphatic carbocycles. The van der Waals surface area contributed by atoms with Crippen LogP contribution in [0.2, 0.25) is 0 Å². The van der Waals surface area contributed by atoms with Gasteiger partial charge in [-0.25, -0.2) is 9.97 Å². The van der Waals surface area contributed by atoms with Crippen LogP contribution in [-0.4, -0.2) is 36.7 Å². The molecule has 23 heavy (non-hydrogen) atoms. The summed E-state index contributed by atoms with van der Waals surface area (Å²) >= 11 is 0. The van der Waals surface area contributed by atoms with E-state index in [1.54, 1.807) is 7.11 Å². The SMILES string of the molecule is COc1ccccc1N1CC[C@@H](CNc2nc(C)cc(C)n2)C1. The zero-order valence-electron chi connectivity index (χ0n) is 14.0. The second kappa shape index (κ2) is 6.86. The van der Waals surface area contributed by atoms with Crippen LogP contribution in [-0.2, 0) is 0 Å². The molecule has 0 saturated carbocycles. The summed E-state index contributed by atoms with van der Waals surface area (Å²) in [6.07, 6.45) is 1.16. The van der Waals surface area contributed by atoms with Crippen LogP contribution in [0.25, 0.3) is 0 Å². The summed E-state index contributed by atoms with van der Waals surface area (Å²) in [5, 5.41) is 3.39. The summed E-state index contributed by atoms with van der Waals surface area (Å²) in [6, 6.07) is 10.2. The first-order valence-corrected chi connectivity index (χ1v) is 8.10. The van der Waals surface area contributed by atoms with E-state index in [1.807, 2.05) is 32.0 Å². The van der Waals surface area contributed by atoms with E-state index in [-0.39, 0.29) is 0 Å². The van der Waals surface area contributed by atoms with Gasteiger partial charge in [0.2, 0.25) is 5.95 Å². The Balaban J connectivity index is 1.59. The normalized spacial score (nSPS) is 17.3. The molecular weight excluding hydrogens is 288 g/mol. The van der Waals surface area contributed by atoms with Crippen molar-refractivity contribution in [3.8, 4) is 5.75 Å². The number of hydrogen-bond acceptors (Lipinski definition) is 5. The zero-order valence-corrected chi connectivity index (χ0v) is 14.0. The molecule has 1 aliphatic rings. The topological polar surface area (TPSA) is 50.3 Å². The monoisotopic (exact) mass is 312 g/mol. The lowest BCUT2D eigenvalue weighted by atomic mass is 10.1. The van der Waals surface area contributed by atoms with E-state index in [2.05, 4.69) is 32.3 Å². The second-order valence-electron chi connectivity index (χ2n) is 6.13. The smallest absolute Gasteiger partial charge is 0.223 e. The Morgan fingerprint density at radius 1 is 1.22 bits per heavy atom. The van der Waals surface area contributed by atoms with E-state index in [0.717, 1.165) is 49.1 Å². The number of hydrogen-bond donors (Lipinski definition) is 1. The zero-order chi connectivity index (χ0) is 16.2. The van der Waals surface area contributed by atoms with Gasteiger partial charge in [-0.15, -0.1) is 0 Å². The Morgan fingerprint density at radius 3 is 2.70 bits per heavy atom. The lowest BCUT2D eigenvalue weighted by Gasteiger charge is -2.21. The van der Waals surface area contributed by atoms with Crippen molar-refractivity contribution in [1.82, 2.24) is 9.97 Å². The summed E-state index contributed by atoms with van der Waals surface area (Å²) < 4.78 is 5.47. The van der Waals surface area contributed by atoms with E-state index < -0.39 is 0 Å². The molecule has 2 heterocycles. The molecule has 0 spiro atoms. The minimum atomic E-state index is 0.587. The third kappa shape index (κ3) is 3.73. The van der Waals surface area contributed by atoms with E-state index in [0.29, 0.717) is 5.92 Å². The molecule has 1 aromatic heterocycles. The second-order valence-corrected chi connectivity index (χ2v) is 6.13. The standard InChI is InChI=1S/C18H24N4O/c1-13-10-14(2)21-18(20-13)19-11-15-8-9-22(12-15)16-6-4-5-7-17(16)23-3/h4-7,10,15H,8-9,11-12H2,1-3H3,(H,19,20,21)/t15-/m0/s1. The molecule has 0 radical (unpaired) electrons. The molecule has 0 bridgehead atoms. The molecule has 5 nitrogen and oxygen atoms in total. The van der Waals surface area contributed by atoms with Crippen molar-refractivity contribution in [2.75, 3.05) is 37.0 Å². The maximum absolute atomic E-state index is 5.47. The van der Waals surface area contributed by atoms with Crippen LogP contribution < -0.4 is 15.0 Å².